The monoisotopic (exact) mass is 607 g/mol. The van der Waals surface area contributed by atoms with Gasteiger partial charge in [0.2, 0.25) is 0 Å². The van der Waals surface area contributed by atoms with Crippen molar-refractivity contribution in [3.63, 3.8) is 0 Å². The first-order valence-electron chi connectivity index (χ1n) is 13.7. The molecule has 0 saturated carbocycles. The second-order valence-corrected chi connectivity index (χ2v) is 43.5. The predicted molar refractivity (Wildman–Crippen MR) is 147 cm³/mol. The van der Waals surface area contributed by atoms with Crippen LogP contribution in [0.1, 0.15) is 18.1 Å². The molecule has 10 heterocycles. The van der Waals surface area contributed by atoms with Crippen LogP contribution >= 0.6 is 23.9 Å². The maximum absolute atomic E-state index is 5.93. The fourth-order valence-corrected chi connectivity index (χ4v) is 129. The van der Waals surface area contributed by atoms with Crippen LogP contribution in [0.15, 0.2) is 48.5 Å². The van der Waals surface area contributed by atoms with Gasteiger partial charge in [0.25, 0.3) is 0 Å². The van der Waals surface area contributed by atoms with Crippen molar-refractivity contribution in [1.82, 2.24) is 4.90 Å². The van der Waals surface area contributed by atoms with Gasteiger partial charge in [-0.2, -0.15) is 0 Å². The number of benzene rings is 2. The van der Waals surface area contributed by atoms with E-state index in [0.29, 0.717) is 7.28 Å². The molecular formula is C30H35BrFeNO2P. The first-order chi connectivity index (χ1) is 17.1. The van der Waals surface area contributed by atoms with E-state index in [-0.39, 0.29) is 7.92 Å². The molecule has 192 valence electrons. The van der Waals surface area contributed by atoms with Gasteiger partial charge in [-0.3, -0.25) is 0 Å². The van der Waals surface area contributed by atoms with Crippen molar-refractivity contribution in [1.29, 1.82) is 0 Å². The average Bonchev–Trinajstić information content (AvgIpc) is 3.84. The number of halogens is 1. The Morgan fingerprint density at radius 2 is 1.33 bits per heavy atom. The number of hydrogen-bond acceptors (Lipinski definition) is 3. The van der Waals surface area contributed by atoms with Crippen LogP contribution in [0.3, 0.4) is 0 Å². The molecule has 10 aliphatic rings. The van der Waals surface area contributed by atoms with E-state index >= 15 is 0 Å². The number of ether oxygens (including phenoxy) is 2. The zero-order valence-electron chi connectivity index (χ0n) is 21.6. The molecule has 6 unspecified atom stereocenters. The van der Waals surface area contributed by atoms with Crippen LogP contribution in [0.4, 0.5) is 0 Å². The third-order valence-electron chi connectivity index (χ3n) is 19.8. The van der Waals surface area contributed by atoms with Gasteiger partial charge in [-0.05, 0) is 0 Å². The van der Waals surface area contributed by atoms with E-state index in [4.69, 9.17) is 25.4 Å². The molecule has 0 bridgehead atoms. The van der Waals surface area contributed by atoms with Gasteiger partial charge in [0.1, 0.15) is 0 Å². The van der Waals surface area contributed by atoms with Crippen molar-refractivity contribution in [3.05, 3.63) is 59.7 Å². The van der Waals surface area contributed by atoms with Crippen molar-refractivity contribution in [2.75, 3.05) is 28.3 Å². The van der Waals surface area contributed by atoms with Crippen LogP contribution in [-0.2, 0) is 18.8 Å². The SMILES string of the molecule is COc1ccccc1CP(Cc1ccccc1OC)[C]12[CH]3[CH]4[C]5(C(C)N(C)C)[C]1(Br)[Fe]43521678[CH]2[CH]1[CH]6[CH]7[CH]28. The molecule has 0 aliphatic carbocycles. The van der Waals surface area contributed by atoms with E-state index in [2.05, 4.69) is 74.4 Å². The number of hydrogen-bond donors (Lipinski definition) is 0. The molecule has 0 amide bonds. The Morgan fingerprint density at radius 3 is 1.72 bits per heavy atom. The molecule has 3 nitrogen and oxygen atoms in total. The average molecular weight is 608 g/mol. The molecule has 10 saturated heterocycles. The molecule has 10 fully saturated rings. The molecule has 2 aromatic rings. The zero-order valence-corrected chi connectivity index (χ0v) is 25.2. The minimum absolute atomic E-state index is 0.224. The fourth-order valence-electron chi connectivity index (χ4n) is 21.4. The molecule has 10 aliphatic heterocycles. The third-order valence-corrected chi connectivity index (χ3v) is 78.2. The molecule has 0 radical (unpaired) electrons. The standard InChI is InChI=1S/C25H30BrNO2P.C5H5.Fe/c1-18(27(2)3)21-14-15-24(25(21)26)30(16-19-10-6-8-12-22(19)28-4)17-20-11-7-9-13-23(20)29-5;1-2-4-5-3-1;/h6-15,18H,16-17H2,1-5H3;1-5H;. The Morgan fingerprint density at radius 1 is 0.861 bits per heavy atom. The predicted octanol–water partition coefficient (Wildman–Crippen LogP) is 7.81. The molecular weight excluding hydrogens is 573 g/mol. The van der Waals surface area contributed by atoms with Crippen molar-refractivity contribution in [3.8, 4) is 11.5 Å². The Balaban J connectivity index is 1.12. The van der Waals surface area contributed by atoms with E-state index in [1.165, 1.54) is 57.2 Å². The van der Waals surface area contributed by atoms with Crippen LogP contribution in [0, 0.1) is 0 Å². The van der Waals surface area contributed by atoms with E-state index < -0.39 is 6.51 Å². The van der Waals surface area contributed by atoms with E-state index in [1.54, 1.807) is 0 Å². The summed E-state index contributed by atoms with van der Waals surface area (Å²) >= 11 is 4.94. The van der Waals surface area contributed by atoms with Gasteiger partial charge < -0.3 is 0 Å². The second-order valence-electron chi connectivity index (χ2n) is 15.9. The summed E-state index contributed by atoms with van der Waals surface area (Å²) in [5.74, 6) is 2.19. The van der Waals surface area contributed by atoms with Crippen LogP contribution in [0.25, 0.3) is 0 Å². The fraction of sp³-hybridized carbons (Fsp3) is 0.600. The van der Waals surface area contributed by atoms with Crippen molar-refractivity contribution >= 4 is 23.9 Å². The number of rotatable bonds is 9. The number of alkyl halides is 1. The summed E-state index contributed by atoms with van der Waals surface area (Å²) in [7, 11) is 8.24. The molecule has 1 spiro atoms. The maximum atomic E-state index is 5.93. The third kappa shape index (κ3) is 0.417. The first kappa shape index (κ1) is 19.5. The van der Waals surface area contributed by atoms with Crippen molar-refractivity contribution in [2.24, 2.45) is 0 Å². The zero-order chi connectivity index (χ0) is 24.4. The summed E-state index contributed by atoms with van der Waals surface area (Å²) in [5, 5.41) is 0. The van der Waals surface area contributed by atoms with E-state index in [1.807, 2.05) is 14.2 Å². The topological polar surface area (TPSA) is 21.7 Å². The Labute approximate surface area is 213 Å². The number of nitrogens with zero attached hydrogens (tertiary/aromatic N) is 1. The molecule has 12 rings (SSSR count). The van der Waals surface area contributed by atoms with Gasteiger partial charge in [0.05, 0.1) is 0 Å². The summed E-state index contributed by atoms with van der Waals surface area (Å²) in [5.41, 5.74) is 2.89. The van der Waals surface area contributed by atoms with Gasteiger partial charge in [0, 0.05) is 0 Å². The van der Waals surface area contributed by atoms with Crippen LogP contribution in [0.5, 0.6) is 11.5 Å². The van der Waals surface area contributed by atoms with Gasteiger partial charge in [-0.25, -0.2) is 0 Å². The van der Waals surface area contributed by atoms with E-state index in [0.717, 1.165) is 21.9 Å². The summed E-state index contributed by atoms with van der Waals surface area (Å²) in [4.78, 5) is 11.2. The molecule has 6 atom stereocenters. The summed E-state index contributed by atoms with van der Waals surface area (Å²) in [6.07, 6.45) is 2.44. The molecule has 6 heteroatoms. The summed E-state index contributed by atoms with van der Waals surface area (Å²) < 4.78 is 13.9. The van der Waals surface area contributed by atoms with Gasteiger partial charge in [-0.1, -0.05) is 0 Å². The first-order valence-corrected chi connectivity index (χ1v) is 22.3. The second kappa shape index (κ2) is 2.84. The number of para-hydroxylation sites is 2. The van der Waals surface area contributed by atoms with Crippen molar-refractivity contribution < 1.29 is 16.0 Å². The quantitative estimate of drug-likeness (QED) is 0.165. The van der Waals surface area contributed by atoms with Gasteiger partial charge in [-0.15, -0.1) is 0 Å². The van der Waals surface area contributed by atoms with Crippen LogP contribution in [-0.4, -0.2) is 46.5 Å². The Bertz CT molecular complexity index is 1820. The van der Waals surface area contributed by atoms with Crippen LogP contribution in [0.2, 0.25) is 38.0 Å². The number of methoxy groups -OCH3 is 2. The molecule has 0 N–H and O–H groups in total. The molecule has 36 heavy (non-hydrogen) atoms. The Kier molecular flexibility index (Phi) is 1.54. The van der Waals surface area contributed by atoms with Gasteiger partial charge >= 0.3 is 215 Å². The minimum atomic E-state index is -3.85. The molecule has 0 aromatic heterocycles. The Hall–Kier alpha value is -0.571. The number of fused-ring (bicyclic) bond motifs is 10. The normalized spacial score (nSPS) is 67.6. The van der Waals surface area contributed by atoms with Crippen molar-refractivity contribution in [2.45, 2.75) is 70.6 Å². The molecule has 2 aromatic carbocycles. The van der Waals surface area contributed by atoms with Gasteiger partial charge in [0.15, 0.2) is 0 Å². The summed E-state index contributed by atoms with van der Waals surface area (Å²) in [6, 6.07) is 18.6. The van der Waals surface area contributed by atoms with E-state index in [9.17, 15) is 0 Å². The van der Waals surface area contributed by atoms with Crippen LogP contribution < -0.4 is 9.47 Å². The summed E-state index contributed by atoms with van der Waals surface area (Å²) in [6.45, 7) is -1.21.